The molecule has 10 nitrogen and oxygen atoms in total. The quantitative estimate of drug-likeness (QED) is 0.244. The van der Waals surface area contributed by atoms with E-state index in [0.29, 0.717) is 22.6 Å². The van der Waals surface area contributed by atoms with Crippen LogP contribution < -0.4 is 20.6 Å². The normalized spacial score (nSPS) is 10.4. The highest BCUT2D eigenvalue weighted by atomic mass is 33.1. The number of nitrogens with zero attached hydrogens (tertiary/aromatic N) is 2. The Morgan fingerprint density at radius 1 is 0.684 bits per heavy atom. The maximum atomic E-state index is 13.0. The molecule has 2 aromatic heterocycles. The minimum Gasteiger partial charge on any atom is -0.497 e. The highest BCUT2D eigenvalue weighted by molar-refractivity contribution is 8.76. The molecular weight excluding hydrogens is 528 g/mol. The van der Waals surface area contributed by atoms with Gasteiger partial charge >= 0.3 is 0 Å². The predicted molar refractivity (Wildman–Crippen MR) is 143 cm³/mol. The molecule has 0 bridgehead atoms. The number of aromatic nitrogens is 2. The third-order valence-electron chi connectivity index (χ3n) is 5.49. The van der Waals surface area contributed by atoms with Gasteiger partial charge in [0.1, 0.15) is 34.8 Å². The van der Waals surface area contributed by atoms with Crippen molar-refractivity contribution in [1.82, 2.24) is 9.97 Å². The summed E-state index contributed by atoms with van der Waals surface area (Å²) in [6, 6.07) is 16.9. The fraction of sp³-hybridized carbons (Fsp3) is 0.0769. The Morgan fingerprint density at radius 3 is 1.32 bits per heavy atom. The van der Waals surface area contributed by atoms with Crippen LogP contribution in [-0.4, -0.2) is 34.4 Å². The van der Waals surface area contributed by atoms with Crippen LogP contribution in [0.3, 0.4) is 0 Å². The summed E-state index contributed by atoms with van der Waals surface area (Å²) in [5.41, 5.74) is -0.459. The Hall–Kier alpha value is -4.78. The Morgan fingerprint density at radius 2 is 1.03 bits per heavy atom. The number of nitriles is 2. The van der Waals surface area contributed by atoms with E-state index >= 15 is 0 Å². The summed E-state index contributed by atoms with van der Waals surface area (Å²) in [6.45, 7) is 0. The lowest BCUT2D eigenvalue weighted by atomic mass is 10.0. The lowest BCUT2D eigenvalue weighted by Crippen LogP contribution is -2.13. The number of methoxy groups -OCH3 is 2. The summed E-state index contributed by atoms with van der Waals surface area (Å²) >= 11 is 0. The minimum absolute atomic E-state index is 0.0428. The van der Waals surface area contributed by atoms with E-state index in [9.17, 15) is 30.3 Å². The molecule has 0 saturated carbocycles. The number of aromatic hydroxyl groups is 2. The van der Waals surface area contributed by atoms with Crippen molar-refractivity contribution in [2.75, 3.05) is 14.2 Å². The van der Waals surface area contributed by atoms with Crippen molar-refractivity contribution in [2.45, 2.75) is 9.79 Å². The van der Waals surface area contributed by atoms with Crippen molar-refractivity contribution in [3.05, 3.63) is 80.4 Å². The van der Waals surface area contributed by atoms with Crippen LogP contribution in [0, 0.1) is 22.7 Å². The molecule has 0 aliphatic carbocycles. The van der Waals surface area contributed by atoms with Crippen LogP contribution in [0.15, 0.2) is 67.9 Å². The molecule has 0 unspecified atom stereocenters. The van der Waals surface area contributed by atoms with Gasteiger partial charge in [-0.1, -0.05) is 24.3 Å². The Kier molecular flexibility index (Phi) is 7.67. The highest BCUT2D eigenvalue weighted by Gasteiger charge is 2.24. The zero-order valence-electron chi connectivity index (χ0n) is 19.9. The summed E-state index contributed by atoms with van der Waals surface area (Å²) in [4.78, 5) is 30.5. The van der Waals surface area contributed by atoms with E-state index in [1.54, 1.807) is 48.5 Å². The highest BCUT2D eigenvalue weighted by Crippen LogP contribution is 2.46. The molecule has 0 amide bonds. The Labute approximate surface area is 223 Å². The maximum absolute atomic E-state index is 13.0. The van der Waals surface area contributed by atoms with Crippen molar-refractivity contribution in [3.63, 3.8) is 0 Å². The molecule has 0 atom stereocenters. The van der Waals surface area contributed by atoms with Crippen LogP contribution in [0.4, 0.5) is 0 Å². The summed E-state index contributed by atoms with van der Waals surface area (Å²) in [7, 11) is 4.73. The van der Waals surface area contributed by atoms with E-state index in [2.05, 4.69) is 9.97 Å². The van der Waals surface area contributed by atoms with Gasteiger partial charge in [-0.2, -0.15) is 10.5 Å². The topological polar surface area (TPSA) is 172 Å². The van der Waals surface area contributed by atoms with Crippen molar-refractivity contribution in [2.24, 2.45) is 0 Å². The SMILES string of the molecule is COc1ccc(-c2c(C#N)c(O)[nH]c(=O)c2SSc2c(-c3ccc(OC)cc3)c(C#N)c(O)[nH]c2=O)cc1. The molecule has 4 aromatic rings. The molecule has 0 saturated heterocycles. The minimum atomic E-state index is -0.688. The molecule has 0 aliphatic heterocycles. The van der Waals surface area contributed by atoms with Crippen LogP contribution in [0.1, 0.15) is 11.1 Å². The van der Waals surface area contributed by atoms with Gasteiger partial charge in [-0.05, 0) is 57.0 Å². The van der Waals surface area contributed by atoms with Crippen LogP contribution in [0.25, 0.3) is 22.3 Å². The van der Waals surface area contributed by atoms with Crippen LogP contribution >= 0.6 is 21.6 Å². The molecule has 12 heteroatoms. The third-order valence-corrected chi connectivity index (χ3v) is 7.94. The first-order chi connectivity index (χ1) is 18.3. The molecule has 2 heterocycles. The van der Waals surface area contributed by atoms with Crippen molar-refractivity contribution >= 4 is 21.6 Å². The van der Waals surface area contributed by atoms with Crippen LogP contribution in [0.5, 0.6) is 23.3 Å². The number of nitrogens with one attached hydrogen (secondary N) is 2. The second-order valence-electron chi connectivity index (χ2n) is 7.61. The van der Waals surface area contributed by atoms with Gasteiger partial charge in [-0.25, -0.2) is 0 Å². The average molecular weight is 547 g/mol. The number of pyridine rings is 2. The number of H-pyrrole nitrogens is 2. The summed E-state index contributed by atoms with van der Waals surface area (Å²) in [5.74, 6) is -0.0842. The van der Waals surface area contributed by atoms with Crippen molar-refractivity contribution in [3.8, 4) is 57.7 Å². The zero-order valence-corrected chi connectivity index (χ0v) is 21.5. The molecular formula is C26H18N4O6S2. The summed E-state index contributed by atoms with van der Waals surface area (Å²) < 4.78 is 10.3. The van der Waals surface area contributed by atoms with E-state index in [1.807, 2.05) is 12.1 Å². The zero-order chi connectivity index (χ0) is 27.4. The molecule has 0 radical (unpaired) electrons. The predicted octanol–water partition coefficient (Wildman–Crippen LogP) is 4.37. The van der Waals surface area contributed by atoms with Gasteiger partial charge in [0.25, 0.3) is 11.1 Å². The van der Waals surface area contributed by atoms with E-state index in [4.69, 9.17) is 9.47 Å². The average Bonchev–Trinajstić information content (AvgIpc) is 2.92. The summed E-state index contributed by atoms with van der Waals surface area (Å²) in [5, 5.41) is 40.0. The Bertz CT molecular complexity index is 1590. The van der Waals surface area contributed by atoms with Gasteiger partial charge in [0.05, 0.1) is 24.0 Å². The number of hydrogen-bond acceptors (Lipinski definition) is 10. The number of benzene rings is 2. The number of hydrogen-bond donors (Lipinski definition) is 4. The van der Waals surface area contributed by atoms with E-state index in [0.717, 1.165) is 21.6 Å². The number of ether oxygens (including phenoxy) is 2. The first-order valence-corrected chi connectivity index (χ1v) is 12.9. The third kappa shape index (κ3) is 4.91. The monoisotopic (exact) mass is 546 g/mol. The maximum Gasteiger partial charge on any atom is 0.265 e. The second-order valence-corrected chi connectivity index (χ2v) is 9.76. The molecule has 4 rings (SSSR count). The molecule has 0 spiro atoms. The van der Waals surface area contributed by atoms with Gasteiger partial charge in [-0.15, -0.1) is 0 Å². The van der Waals surface area contributed by atoms with Gasteiger partial charge in [-0.3, -0.25) is 19.6 Å². The van der Waals surface area contributed by atoms with Gasteiger partial charge in [0.2, 0.25) is 11.8 Å². The number of rotatable bonds is 7. The first-order valence-electron chi connectivity index (χ1n) is 10.7. The first kappa shape index (κ1) is 26.3. The van der Waals surface area contributed by atoms with Crippen molar-refractivity contribution < 1.29 is 19.7 Å². The fourth-order valence-corrected chi connectivity index (χ4v) is 6.15. The standard InChI is InChI=1S/C26H18N4O6S2/c1-35-15-7-3-13(4-8-15)19-17(11-27)23(31)29-25(33)21(19)37-38-22-20(14-5-9-16(36-2)10-6-14)18(12-28)24(32)30-26(22)34/h3-10H,1-2H3,(H2,29,31,33)(H2,30,32,34). The smallest absolute Gasteiger partial charge is 0.265 e. The van der Waals surface area contributed by atoms with Gasteiger partial charge in [0.15, 0.2) is 0 Å². The molecule has 190 valence electrons. The molecule has 0 aliphatic rings. The lowest BCUT2D eigenvalue weighted by Gasteiger charge is -2.14. The second kappa shape index (κ2) is 11.1. The molecule has 2 aromatic carbocycles. The molecule has 4 N–H and O–H groups in total. The van der Waals surface area contributed by atoms with Gasteiger partial charge in [0, 0.05) is 11.1 Å². The van der Waals surface area contributed by atoms with E-state index < -0.39 is 22.9 Å². The molecule has 38 heavy (non-hydrogen) atoms. The largest absolute Gasteiger partial charge is 0.497 e. The van der Waals surface area contributed by atoms with Crippen LogP contribution in [-0.2, 0) is 0 Å². The molecule has 0 fully saturated rings. The summed E-state index contributed by atoms with van der Waals surface area (Å²) in [6.07, 6.45) is 0. The van der Waals surface area contributed by atoms with E-state index in [1.165, 1.54) is 14.2 Å². The number of aromatic amines is 2. The van der Waals surface area contributed by atoms with Crippen LogP contribution in [0.2, 0.25) is 0 Å². The van der Waals surface area contributed by atoms with Gasteiger partial charge < -0.3 is 19.7 Å². The fourth-order valence-electron chi connectivity index (χ4n) is 3.67. The van der Waals surface area contributed by atoms with Crippen molar-refractivity contribution in [1.29, 1.82) is 10.5 Å². The lowest BCUT2D eigenvalue weighted by molar-refractivity contribution is 0.414. The van der Waals surface area contributed by atoms with E-state index in [-0.39, 0.29) is 32.0 Å². The Balaban J connectivity index is 1.88.